The summed E-state index contributed by atoms with van der Waals surface area (Å²) in [6.45, 7) is 1.83. The molecule has 2 aromatic heterocycles. The molecule has 0 atom stereocenters. The number of hydrogen-bond donors (Lipinski definition) is 0. The van der Waals surface area contributed by atoms with E-state index in [1.165, 1.54) is 18.0 Å². The number of esters is 1. The van der Waals surface area contributed by atoms with Crippen LogP contribution in [0.2, 0.25) is 0 Å². The largest absolute Gasteiger partial charge is 0.464 e. The Hall–Kier alpha value is -1.91. The molecule has 0 aliphatic carbocycles. The minimum absolute atomic E-state index is 0.404. The fourth-order valence-corrected chi connectivity index (χ4v) is 1.33. The molecule has 0 aromatic carbocycles. The van der Waals surface area contributed by atoms with Gasteiger partial charge in [-0.15, -0.1) is 0 Å². The van der Waals surface area contributed by atoms with E-state index in [1.54, 1.807) is 6.07 Å². The molecule has 0 aliphatic heterocycles. The second-order valence-electron chi connectivity index (χ2n) is 2.89. The third kappa shape index (κ3) is 1.14. The summed E-state index contributed by atoms with van der Waals surface area (Å²) in [5, 5.41) is 3.95. The molecule has 2 heterocycles. The molecular formula is C9H9N3O2. The van der Waals surface area contributed by atoms with Gasteiger partial charge in [-0.25, -0.2) is 14.3 Å². The van der Waals surface area contributed by atoms with E-state index in [-0.39, 0.29) is 0 Å². The molecule has 72 valence electrons. The Bertz CT molecular complexity index is 490. The zero-order chi connectivity index (χ0) is 10.1. The molecule has 0 bridgehead atoms. The number of carbonyl (C=O) groups is 1. The van der Waals surface area contributed by atoms with E-state index < -0.39 is 5.97 Å². The van der Waals surface area contributed by atoms with E-state index in [1.807, 2.05) is 13.0 Å². The van der Waals surface area contributed by atoms with Gasteiger partial charge in [-0.2, -0.15) is 5.10 Å². The SMILES string of the molecule is COC(=O)c1c(C)ccc2ncnn12. The number of ether oxygens (including phenoxy) is 1. The van der Waals surface area contributed by atoms with Gasteiger partial charge in [0, 0.05) is 0 Å². The van der Waals surface area contributed by atoms with Gasteiger partial charge in [0.25, 0.3) is 0 Å². The molecule has 2 aromatic rings. The van der Waals surface area contributed by atoms with Crippen LogP contribution in [-0.2, 0) is 4.74 Å². The summed E-state index contributed by atoms with van der Waals surface area (Å²) in [7, 11) is 1.34. The van der Waals surface area contributed by atoms with Gasteiger partial charge in [0.1, 0.15) is 6.33 Å². The van der Waals surface area contributed by atoms with Crippen LogP contribution in [0.15, 0.2) is 18.5 Å². The zero-order valence-corrected chi connectivity index (χ0v) is 7.89. The average Bonchev–Trinajstić information content (AvgIpc) is 2.64. The summed E-state index contributed by atoms with van der Waals surface area (Å²) in [5.41, 5.74) is 1.87. The fourth-order valence-electron chi connectivity index (χ4n) is 1.33. The lowest BCUT2D eigenvalue weighted by molar-refractivity contribution is 0.0590. The Morgan fingerprint density at radius 2 is 2.29 bits per heavy atom. The van der Waals surface area contributed by atoms with Crippen LogP contribution in [0, 0.1) is 6.92 Å². The summed E-state index contributed by atoms with van der Waals surface area (Å²) in [5.74, 6) is -0.404. The first-order valence-corrected chi connectivity index (χ1v) is 4.11. The highest BCUT2D eigenvalue weighted by Crippen LogP contribution is 2.10. The molecule has 0 amide bonds. The van der Waals surface area contributed by atoms with Gasteiger partial charge < -0.3 is 4.74 Å². The maximum atomic E-state index is 11.4. The Morgan fingerprint density at radius 3 is 3.00 bits per heavy atom. The van der Waals surface area contributed by atoms with Gasteiger partial charge in [0.2, 0.25) is 0 Å². The number of fused-ring (bicyclic) bond motifs is 1. The Morgan fingerprint density at radius 1 is 1.50 bits per heavy atom. The number of nitrogens with zero attached hydrogens (tertiary/aromatic N) is 3. The quantitative estimate of drug-likeness (QED) is 0.626. The lowest BCUT2D eigenvalue weighted by Gasteiger charge is -2.04. The Labute approximate surface area is 80.3 Å². The molecule has 0 saturated heterocycles. The van der Waals surface area contributed by atoms with Crippen molar-refractivity contribution < 1.29 is 9.53 Å². The predicted molar refractivity (Wildman–Crippen MR) is 49.1 cm³/mol. The highest BCUT2D eigenvalue weighted by Gasteiger charge is 2.14. The van der Waals surface area contributed by atoms with Gasteiger partial charge in [-0.05, 0) is 18.6 Å². The van der Waals surface area contributed by atoms with E-state index in [0.717, 1.165) is 5.56 Å². The van der Waals surface area contributed by atoms with Crippen molar-refractivity contribution in [3.05, 3.63) is 29.7 Å². The number of pyridine rings is 1. The summed E-state index contributed by atoms with van der Waals surface area (Å²) in [6, 6.07) is 3.62. The van der Waals surface area contributed by atoms with E-state index in [9.17, 15) is 4.79 Å². The summed E-state index contributed by atoms with van der Waals surface area (Å²) in [4.78, 5) is 15.4. The molecule has 5 heteroatoms. The van der Waals surface area contributed by atoms with Crippen molar-refractivity contribution in [1.29, 1.82) is 0 Å². The lowest BCUT2D eigenvalue weighted by Crippen LogP contribution is -2.11. The van der Waals surface area contributed by atoms with Crippen LogP contribution in [0.1, 0.15) is 16.1 Å². The number of aryl methyl sites for hydroxylation is 1. The van der Waals surface area contributed by atoms with Crippen LogP contribution >= 0.6 is 0 Å². The normalized spacial score (nSPS) is 10.4. The highest BCUT2D eigenvalue weighted by molar-refractivity contribution is 5.89. The van der Waals surface area contributed by atoms with Crippen molar-refractivity contribution in [1.82, 2.24) is 14.6 Å². The predicted octanol–water partition coefficient (Wildman–Crippen LogP) is 0.824. The van der Waals surface area contributed by atoms with Crippen molar-refractivity contribution in [2.75, 3.05) is 7.11 Å². The molecule has 0 radical (unpaired) electrons. The van der Waals surface area contributed by atoms with Gasteiger partial charge in [0.05, 0.1) is 7.11 Å². The first kappa shape index (κ1) is 8.68. The molecule has 0 N–H and O–H groups in total. The van der Waals surface area contributed by atoms with Gasteiger partial charge >= 0.3 is 5.97 Å². The van der Waals surface area contributed by atoms with Crippen LogP contribution in [0.3, 0.4) is 0 Å². The van der Waals surface area contributed by atoms with Gasteiger partial charge in [0.15, 0.2) is 11.3 Å². The third-order valence-electron chi connectivity index (χ3n) is 2.02. The first-order valence-electron chi connectivity index (χ1n) is 4.11. The monoisotopic (exact) mass is 191 g/mol. The van der Waals surface area contributed by atoms with Crippen molar-refractivity contribution in [2.45, 2.75) is 6.92 Å². The van der Waals surface area contributed by atoms with Crippen molar-refractivity contribution >= 4 is 11.6 Å². The first-order chi connectivity index (χ1) is 6.74. The topological polar surface area (TPSA) is 56.5 Å². The van der Waals surface area contributed by atoms with Crippen LogP contribution in [0.25, 0.3) is 5.65 Å². The van der Waals surface area contributed by atoms with Crippen molar-refractivity contribution in [2.24, 2.45) is 0 Å². The van der Waals surface area contributed by atoms with Crippen LogP contribution in [0.4, 0.5) is 0 Å². The minimum Gasteiger partial charge on any atom is -0.464 e. The van der Waals surface area contributed by atoms with E-state index >= 15 is 0 Å². The molecule has 0 aliphatic rings. The minimum atomic E-state index is -0.404. The standard InChI is InChI=1S/C9H9N3O2/c1-6-3-4-7-10-5-11-12(7)8(6)9(13)14-2/h3-5H,1-2H3. The Balaban J connectivity index is 2.76. The van der Waals surface area contributed by atoms with Gasteiger partial charge in [-0.1, -0.05) is 6.07 Å². The molecule has 14 heavy (non-hydrogen) atoms. The highest BCUT2D eigenvalue weighted by atomic mass is 16.5. The van der Waals surface area contributed by atoms with Crippen LogP contribution in [0.5, 0.6) is 0 Å². The average molecular weight is 191 g/mol. The van der Waals surface area contributed by atoms with Crippen molar-refractivity contribution in [3.63, 3.8) is 0 Å². The lowest BCUT2D eigenvalue weighted by atomic mass is 10.2. The number of methoxy groups -OCH3 is 1. The number of carbonyl (C=O) groups excluding carboxylic acids is 1. The molecule has 0 spiro atoms. The fraction of sp³-hybridized carbons (Fsp3) is 0.222. The molecule has 5 nitrogen and oxygen atoms in total. The zero-order valence-electron chi connectivity index (χ0n) is 7.89. The molecule has 0 fully saturated rings. The van der Waals surface area contributed by atoms with Crippen molar-refractivity contribution in [3.8, 4) is 0 Å². The summed E-state index contributed by atoms with van der Waals surface area (Å²) < 4.78 is 6.14. The molecular weight excluding hydrogens is 182 g/mol. The van der Waals surface area contributed by atoms with Crippen LogP contribution < -0.4 is 0 Å². The second-order valence-corrected chi connectivity index (χ2v) is 2.89. The number of aromatic nitrogens is 3. The van der Waals surface area contributed by atoms with Gasteiger partial charge in [-0.3, -0.25) is 0 Å². The maximum Gasteiger partial charge on any atom is 0.357 e. The molecule has 0 saturated carbocycles. The second kappa shape index (κ2) is 3.10. The Kier molecular flexibility index (Phi) is 1.92. The summed E-state index contributed by atoms with van der Waals surface area (Å²) in [6.07, 6.45) is 1.40. The summed E-state index contributed by atoms with van der Waals surface area (Å²) >= 11 is 0. The molecule has 0 unspecified atom stereocenters. The van der Waals surface area contributed by atoms with Crippen LogP contribution in [-0.4, -0.2) is 27.7 Å². The molecule has 2 rings (SSSR count). The number of hydrogen-bond acceptors (Lipinski definition) is 4. The smallest absolute Gasteiger partial charge is 0.357 e. The van der Waals surface area contributed by atoms with E-state index in [0.29, 0.717) is 11.3 Å². The maximum absolute atomic E-state index is 11.4. The van der Waals surface area contributed by atoms with E-state index in [2.05, 4.69) is 14.8 Å². The third-order valence-corrected chi connectivity index (χ3v) is 2.02. The van der Waals surface area contributed by atoms with E-state index in [4.69, 9.17) is 0 Å². The number of rotatable bonds is 1.